The number of nitrogens with zero attached hydrogens (tertiary/aromatic N) is 1. The van der Waals surface area contributed by atoms with Gasteiger partial charge in [0.15, 0.2) is 0 Å². The highest BCUT2D eigenvalue weighted by Gasteiger charge is 2.25. The molecule has 1 aromatic rings. The maximum atomic E-state index is 12.2. The zero-order chi connectivity index (χ0) is 12.4. The number of carbonyl (C=O) groups is 1. The number of hydrogen-bond acceptors (Lipinski definition) is 2. The molecule has 0 spiro atoms. The summed E-state index contributed by atoms with van der Waals surface area (Å²) in [5.41, 5.74) is 2.05. The molecule has 0 saturated carbocycles. The van der Waals surface area contributed by atoms with Crippen LogP contribution >= 0.6 is 0 Å². The van der Waals surface area contributed by atoms with Crippen molar-refractivity contribution in [3.05, 3.63) is 35.4 Å². The smallest absolute Gasteiger partial charge is 0.253 e. The minimum Gasteiger partial charge on any atom is -0.336 e. The van der Waals surface area contributed by atoms with Crippen molar-refractivity contribution < 1.29 is 4.79 Å². The lowest BCUT2D eigenvalue weighted by Crippen LogP contribution is -2.57. The second-order valence-corrected chi connectivity index (χ2v) is 5.00. The largest absolute Gasteiger partial charge is 0.336 e. The number of likely N-dealkylation sites (N-methyl/N-ethyl adjacent to an activating group) is 1. The van der Waals surface area contributed by atoms with Crippen molar-refractivity contribution in [3.63, 3.8) is 0 Å². The second kappa shape index (κ2) is 4.88. The van der Waals surface area contributed by atoms with Crippen LogP contribution in [0.5, 0.6) is 0 Å². The Morgan fingerprint density at radius 3 is 2.29 bits per heavy atom. The first-order valence-corrected chi connectivity index (χ1v) is 6.17. The van der Waals surface area contributed by atoms with Crippen LogP contribution in [0.4, 0.5) is 0 Å². The van der Waals surface area contributed by atoms with E-state index in [9.17, 15) is 4.79 Å². The highest BCUT2D eigenvalue weighted by Crippen LogP contribution is 2.16. The van der Waals surface area contributed by atoms with E-state index in [1.807, 2.05) is 36.2 Å². The molecule has 1 fully saturated rings. The molecule has 0 aromatic heterocycles. The maximum Gasteiger partial charge on any atom is 0.253 e. The highest BCUT2D eigenvalue weighted by molar-refractivity contribution is 5.94. The number of amides is 1. The summed E-state index contributed by atoms with van der Waals surface area (Å²) in [7, 11) is 1.88. The van der Waals surface area contributed by atoms with Gasteiger partial charge in [0.2, 0.25) is 0 Å². The van der Waals surface area contributed by atoms with Crippen LogP contribution in [0.15, 0.2) is 24.3 Å². The van der Waals surface area contributed by atoms with Crippen molar-refractivity contribution in [2.75, 3.05) is 20.1 Å². The van der Waals surface area contributed by atoms with E-state index in [1.165, 1.54) is 5.56 Å². The molecule has 1 aliphatic rings. The Morgan fingerprint density at radius 2 is 1.88 bits per heavy atom. The zero-order valence-electron chi connectivity index (χ0n) is 10.7. The molecular formula is C14H20N2O. The summed E-state index contributed by atoms with van der Waals surface area (Å²) in [4.78, 5) is 14.0. The molecule has 1 aliphatic heterocycles. The van der Waals surface area contributed by atoms with Crippen LogP contribution in [0.3, 0.4) is 0 Å². The van der Waals surface area contributed by atoms with Crippen molar-refractivity contribution in [3.8, 4) is 0 Å². The molecule has 3 heteroatoms. The van der Waals surface area contributed by atoms with E-state index in [4.69, 9.17) is 0 Å². The van der Waals surface area contributed by atoms with Gasteiger partial charge < -0.3 is 10.2 Å². The summed E-state index contributed by atoms with van der Waals surface area (Å²) >= 11 is 0. The van der Waals surface area contributed by atoms with Gasteiger partial charge in [0, 0.05) is 25.7 Å². The van der Waals surface area contributed by atoms with Gasteiger partial charge in [-0.15, -0.1) is 0 Å². The maximum absolute atomic E-state index is 12.2. The molecular weight excluding hydrogens is 212 g/mol. The third kappa shape index (κ3) is 2.50. The van der Waals surface area contributed by atoms with E-state index < -0.39 is 0 Å². The van der Waals surface area contributed by atoms with Gasteiger partial charge in [-0.2, -0.15) is 0 Å². The van der Waals surface area contributed by atoms with Crippen molar-refractivity contribution in [2.45, 2.75) is 25.8 Å². The van der Waals surface area contributed by atoms with Gasteiger partial charge in [-0.05, 0) is 23.6 Å². The molecule has 0 unspecified atom stereocenters. The zero-order valence-corrected chi connectivity index (χ0v) is 10.7. The number of benzene rings is 1. The molecule has 2 rings (SSSR count). The molecule has 1 saturated heterocycles. The van der Waals surface area contributed by atoms with Crippen molar-refractivity contribution in [2.24, 2.45) is 0 Å². The van der Waals surface area contributed by atoms with Crippen LogP contribution < -0.4 is 5.32 Å². The summed E-state index contributed by atoms with van der Waals surface area (Å²) in [5, 5.41) is 3.18. The minimum atomic E-state index is 0.117. The minimum absolute atomic E-state index is 0.117. The van der Waals surface area contributed by atoms with Gasteiger partial charge >= 0.3 is 0 Å². The molecule has 0 bridgehead atoms. The SMILES string of the molecule is CC(C)c1ccc(C(=O)N(C)C2CNC2)cc1. The van der Waals surface area contributed by atoms with E-state index in [2.05, 4.69) is 19.2 Å². The molecule has 1 heterocycles. The normalized spacial score (nSPS) is 15.8. The van der Waals surface area contributed by atoms with Gasteiger partial charge in [0.1, 0.15) is 0 Å². The Bertz CT molecular complexity index is 393. The number of carbonyl (C=O) groups excluding carboxylic acids is 1. The quantitative estimate of drug-likeness (QED) is 0.862. The summed E-state index contributed by atoms with van der Waals surface area (Å²) in [6, 6.07) is 8.31. The molecule has 17 heavy (non-hydrogen) atoms. The van der Waals surface area contributed by atoms with Crippen molar-refractivity contribution >= 4 is 5.91 Å². The Labute approximate surface area is 103 Å². The average molecular weight is 232 g/mol. The Morgan fingerprint density at radius 1 is 1.29 bits per heavy atom. The van der Waals surface area contributed by atoms with Crippen LogP contribution in [0.2, 0.25) is 0 Å². The van der Waals surface area contributed by atoms with E-state index in [0.717, 1.165) is 18.7 Å². The summed E-state index contributed by atoms with van der Waals surface area (Å²) in [5.74, 6) is 0.625. The fourth-order valence-electron chi connectivity index (χ4n) is 1.93. The fourth-order valence-corrected chi connectivity index (χ4v) is 1.93. The Balaban J connectivity index is 2.08. The van der Waals surface area contributed by atoms with E-state index in [0.29, 0.717) is 12.0 Å². The predicted octanol–water partition coefficient (Wildman–Crippen LogP) is 1.85. The van der Waals surface area contributed by atoms with Crippen LogP contribution in [0.1, 0.15) is 35.7 Å². The average Bonchev–Trinajstić information content (AvgIpc) is 2.25. The first-order valence-electron chi connectivity index (χ1n) is 6.17. The third-order valence-electron chi connectivity index (χ3n) is 3.45. The topological polar surface area (TPSA) is 32.3 Å². The molecule has 0 radical (unpaired) electrons. The Kier molecular flexibility index (Phi) is 3.48. The highest BCUT2D eigenvalue weighted by atomic mass is 16.2. The van der Waals surface area contributed by atoms with E-state index >= 15 is 0 Å². The van der Waals surface area contributed by atoms with Gasteiger partial charge in [-0.25, -0.2) is 0 Å². The van der Waals surface area contributed by atoms with Crippen LogP contribution in [-0.4, -0.2) is 37.0 Å². The number of nitrogens with one attached hydrogen (secondary N) is 1. The van der Waals surface area contributed by atoms with Crippen molar-refractivity contribution in [1.82, 2.24) is 10.2 Å². The van der Waals surface area contributed by atoms with E-state index in [1.54, 1.807) is 0 Å². The second-order valence-electron chi connectivity index (χ2n) is 5.00. The standard InChI is InChI=1S/C14H20N2O/c1-10(2)11-4-6-12(7-5-11)14(17)16(3)13-8-15-9-13/h4-7,10,13,15H,8-9H2,1-3H3. The van der Waals surface area contributed by atoms with Crippen LogP contribution in [0, 0.1) is 0 Å². The van der Waals surface area contributed by atoms with E-state index in [-0.39, 0.29) is 5.91 Å². The molecule has 1 N–H and O–H groups in total. The fraction of sp³-hybridized carbons (Fsp3) is 0.500. The summed E-state index contributed by atoms with van der Waals surface area (Å²) < 4.78 is 0. The van der Waals surface area contributed by atoms with Crippen molar-refractivity contribution in [1.29, 1.82) is 0 Å². The number of rotatable bonds is 3. The first-order chi connectivity index (χ1) is 8.09. The van der Waals surface area contributed by atoms with Gasteiger partial charge in [-0.3, -0.25) is 4.79 Å². The molecule has 1 amide bonds. The predicted molar refractivity (Wildman–Crippen MR) is 69.3 cm³/mol. The molecule has 1 aromatic carbocycles. The van der Waals surface area contributed by atoms with Gasteiger partial charge in [0.05, 0.1) is 6.04 Å². The van der Waals surface area contributed by atoms with Crippen LogP contribution in [-0.2, 0) is 0 Å². The molecule has 0 aliphatic carbocycles. The third-order valence-corrected chi connectivity index (χ3v) is 3.45. The lowest BCUT2D eigenvalue weighted by atomic mass is 10.0. The monoisotopic (exact) mass is 232 g/mol. The summed E-state index contributed by atoms with van der Waals surface area (Å²) in [6.45, 7) is 6.13. The molecule has 0 atom stereocenters. The molecule has 92 valence electrons. The summed E-state index contributed by atoms with van der Waals surface area (Å²) in [6.07, 6.45) is 0. The van der Waals surface area contributed by atoms with Crippen LogP contribution in [0.25, 0.3) is 0 Å². The Hall–Kier alpha value is -1.35. The first kappa shape index (κ1) is 12.1. The number of hydrogen-bond donors (Lipinski definition) is 1. The van der Waals surface area contributed by atoms with Gasteiger partial charge in [-0.1, -0.05) is 26.0 Å². The lowest BCUT2D eigenvalue weighted by molar-refractivity contribution is 0.0681. The van der Waals surface area contributed by atoms with Gasteiger partial charge in [0.25, 0.3) is 5.91 Å². The molecule has 3 nitrogen and oxygen atoms in total. The lowest BCUT2D eigenvalue weighted by Gasteiger charge is -2.35.